The molecule has 26 N–H and O–H groups in total. The molecule has 0 aliphatic carbocycles. The highest BCUT2D eigenvalue weighted by molar-refractivity contribution is 6.00. The van der Waals surface area contributed by atoms with Gasteiger partial charge in [0.05, 0.1) is 25.3 Å². The number of imidazole rings is 1. The Bertz CT molecular complexity index is 4250. The Kier molecular flexibility index (Phi) is 36.7. The van der Waals surface area contributed by atoms with Gasteiger partial charge in [-0.3, -0.25) is 68.4 Å². The summed E-state index contributed by atoms with van der Waals surface area (Å²) in [6, 6.07) is 20.5. The zero-order valence-corrected chi connectivity index (χ0v) is 63.5. The largest absolute Gasteiger partial charge is 0.508 e. The number of H-pyrrole nitrogens is 1. The second-order valence-electron chi connectivity index (χ2n) is 27.4. The molecule has 1 aromatic heterocycles. The molecular weight excluding hydrogens is 1470 g/mol. The molecule has 0 radical (unpaired) electrons. The number of aromatic hydroxyl groups is 1. The van der Waals surface area contributed by atoms with Crippen LogP contribution in [-0.4, -0.2) is 196 Å². The van der Waals surface area contributed by atoms with Crippen LogP contribution in [0.15, 0.2) is 140 Å². The lowest BCUT2D eigenvalue weighted by molar-refractivity contribution is -0.144. The number of aromatic amines is 1. The average molecular weight is 1580 g/mol. The van der Waals surface area contributed by atoms with Gasteiger partial charge in [-0.05, 0) is 89.6 Å². The lowest BCUT2D eigenvalue weighted by atomic mass is 9.99. The number of fused-ring (bicyclic) bond motifs is 1. The average Bonchev–Trinajstić information content (AvgIpc) is 0.837. The van der Waals surface area contributed by atoms with E-state index >= 15 is 9.59 Å². The summed E-state index contributed by atoms with van der Waals surface area (Å²) in [5.41, 5.74) is 19.9. The summed E-state index contributed by atoms with van der Waals surface area (Å²) in [7, 11) is 0. The zero-order valence-electron chi connectivity index (χ0n) is 63.5. The summed E-state index contributed by atoms with van der Waals surface area (Å²) in [5, 5.41) is 70.7. The number of phenols is 1. The number of phenolic OH excluding ortho intramolecular Hbond substituents is 1. The summed E-state index contributed by atoms with van der Waals surface area (Å²) in [4.78, 5) is 194. The molecule has 37 nitrogen and oxygen atoms in total. The minimum absolute atomic E-state index is 0.00609. The van der Waals surface area contributed by atoms with Crippen LogP contribution >= 0.6 is 0 Å². The quantitative estimate of drug-likeness (QED) is 0.00848. The Morgan fingerprint density at radius 2 is 0.895 bits per heavy atom. The van der Waals surface area contributed by atoms with Crippen molar-refractivity contribution in [1.29, 1.82) is 10.8 Å². The topological polar surface area (TPSA) is 608 Å². The van der Waals surface area contributed by atoms with Gasteiger partial charge in [-0.2, -0.15) is 5.90 Å². The minimum atomic E-state index is -1.99. The second kappa shape index (κ2) is 46.6. The van der Waals surface area contributed by atoms with Crippen LogP contribution in [0.4, 0.5) is 0 Å². The Morgan fingerprint density at radius 1 is 0.465 bits per heavy atom. The van der Waals surface area contributed by atoms with E-state index < -0.39 is 175 Å². The van der Waals surface area contributed by atoms with Gasteiger partial charge >= 0.3 is 11.9 Å². The number of carbonyl (C=O) groups excluding carboxylic acids is 12. The maximum atomic E-state index is 15.3. The highest BCUT2D eigenvalue weighted by Crippen LogP contribution is 2.19. The molecule has 0 aliphatic rings. The molecule has 0 saturated heterocycles. The number of rotatable bonds is 47. The third-order valence-corrected chi connectivity index (χ3v) is 18.0. The van der Waals surface area contributed by atoms with E-state index in [0.29, 0.717) is 40.8 Å². The van der Waals surface area contributed by atoms with E-state index in [1.165, 1.54) is 24.7 Å². The number of aliphatic carboxylic acids is 1. The van der Waals surface area contributed by atoms with E-state index in [1.807, 2.05) is 25.1 Å². The van der Waals surface area contributed by atoms with Crippen molar-refractivity contribution in [3.63, 3.8) is 0 Å². The maximum Gasteiger partial charge on any atom is 0.343 e. The van der Waals surface area contributed by atoms with Crippen molar-refractivity contribution >= 4 is 99.6 Å². The first-order valence-corrected chi connectivity index (χ1v) is 37.1. The number of guanidine groups is 2. The molecule has 0 saturated carbocycles. The highest BCUT2D eigenvalue weighted by atomic mass is 16.7. The van der Waals surface area contributed by atoms with Crippen LogP contribution in [0, 0.1) is 16.7 Å². The normalized spacial score (nSPS) is 13.6. The molecule has 6 rings (SSSR count). The first-order valence-electron chi connectivity index (χ1n) is 37.1. The number of carboxylic acid groups (broad SMARTS) is 1. The second-order valence-corrected chi connectivity index (χ2v) is 27.4. The van der Waals surface area contributed by atoms with Crippen molar-refractivity contribution in [2.45, 2.75) is 165 Å². The number of benzene rings is 5. The molecule has 0 aliphatic heterocycles. The van der Waals surface area contributed by atoms with Gasteiger partial charge in [0.15, 0.2) is 11.9 Å². The van der Waals surface area contributed by atoms with Crippen LogP contribution in [0.5, 0.6) is 5.75 Å². The Morgan fingerprint density at radius 3 is 1.40 bits per heavy atom. The third-order valence-electron chi connectivity index (χ3n) is 18.0. The number of nitrogens with one attached hydrogen (secondary N) is 16. The van der Waals surface area contributed by atoms with E-state index in [4.69, 9.17) is 33.9 Å². The van der Waals surface area contributed by atoms with Crippen LogP contribution in [0.2, 0.25) is 0 Å². The number of hydrogen-bond donors (Lipinski definition) is 22. The fraction of sp³-hybridized carbons (Fsp3) is 0.403. The number of carbonyl (C=O) groups is 13. The van der Waals surface area contributed by atoms with Crippen molar-refractivity contribution < 1.29 is 77.4 Å². The summed E-state index contributed by atoms with van der Waals surface area (Å²) < 4.78 is 0. The van der Waals surface area contributed by atoms with Gasteiger partial charge in [-0.15, -0.1) is 0 Å². The third kappa shape index (κ3) is 31.4. The number of hydrogen-bond acceptors (Lipinski definition) is 20. The predicted octanol–water partition coefficient (Wildman–Crippen LogP) is -2.03. The molecule has 5 aromatic carbocycles. The first-order chi connectivity index (χ1) is 54.5. The molecule has 0 spiro atoms. The number of nitrogens with zero attached hydrogens (tertiary/aromatic N) is 1. The van der Waals surface area contributed by atoms with Crippen molar-refractivity contribution in [3.8, 4) is 5.75 Å². The van der Waals surface area contributed by atoms with E-state index in [1.54, 1.807) is 111 Å². The van der Waals surface area contributed by atoms with Crippen molar-refractivity contribution in [1.82, 2.24) is 79.1 Å². The van der Waals surface area contributed by atoms with Gasteiger partial charge in [0, 0.05) is 50.7 Å². The van der Waals surface area contributed by atoms with Crippen LogP contribution in [-0.2, 0) is 99.3 Å². The zero-order chi connectivity index (χ0) is 83.2. The molecule has 37 heteroatoms. The van der Waals surface area contributed by atoms with Crippen molar-refractivity contribution in [2.75, 3.05) is 26.2 Å². The standard InChI is InChI=1S/C77H103N21O16/c1-4-5-22-54(93-75(113)65(44(2)3)98-66(104)53(78)34-47-26-29-52(99)30-27-47)67(105)87-41-62(100)90-60(38-51-40-84-43-89-51)73(111)96-59(37-48-25-28-49-20-12-13-21-50(49)33-48)71(109)91-56(24-15-32-86-77(81)82)70(108)95-58(36-46-18-10-7-11-19-46)72(110)97-61(39-63(101)102)74(112)92-55(23-14-31-85-76(79)80)69(107)94-57(35-45-16-8-6-9-17-45)68(106)88-42-64(103)114-83/h6-13,16-21,25-30,33,40,43-44,53-61,65,99H,4-5,14-15,22-24,31-32,34-39,41-42,78,83H2,1-3H3,(H,84,89)(H,87,105)(H,88,106)(H,90,100)(H,91,109)(H,92,112)(H,93,113)(H,94,107)(H,95,108)(H,96,111)(H,97,110)(H,98,104)(H,101,102)(H4,79,80,85)(H4,81,82,86)/t53-,54-,55-,56-,57-,58-,59+,60-,61-,65-/m0/s1. The molecule has 11 amide bonds. The Balaban J connectivity index is 1.26. The molecule has 612 valence electrons. The maximum absolute atomic E-state index is 15.3. The SMILES string of the molecule is CCCC[C@H](NC(=O)[C@@H](NC(=O)[C@@H](N)Cc1ccc(O)cc1)C(C)C)C(=O)NCC(=O)N[C@@H](Cc1cnc[nH]1)C(=O)N[C@H](Cc1ccc2ccccc2c1)C(=O)N[C@@H](CCCNC(=N)N)C(=O)N[C@@H](Cc1ccccc1)C(=O)N[C@@H](CC(=O)O)C(=O)N[C@@H](CCCNC(=N)N)C(=O)N[C@@H](Cc1ccccc1)C(=O)NCC(=O)ON. The molecule has 6 aromatic rings. The number of amides is 11. The number of unbranched alkanes of at least 4 members (excludes halogenated alkanes) is 1. The number of aromatic nitrogens is 2. The summed E-state index contributed by atoms with van der Waals surface area (Å²) in [6.45, 7) is 3.80. The van der Waals surface area contributed by atoms with Crippen molar-refractivity contribution in [2.24, 2.45) is 29.0 Å². The van der Waals surface area contributed by atoms with Crippen LogP contribution < -0.4 is 92.2 Å². The van der Waals surface area contributed by atoms with Gasteiger partial charge in [0.1, 0.15) is 66.7 Å². The fourth-order valence-electron chi connectivity index (χ4n) is 11.9. The monoisotopic (exact) mass is 1580 g/mol. The van der Waals surface area contributed by atoms with E-state index in [-0.39, 0.29) is 83.0 Å². The van der Waals surface area contributed by atoms with Crippen LogP contribution in [0.3, 0.4) is 0 Å². The number of carboxylic acids is 1. The van der Waals surface area contributed by atoms with Crippen LogP contribution in [0.1, 0.15) is 100 Å². The molecule has 0 unspecified atom stereocenters. The first kappa shape index (κ1) is 89.8. The molecular formula is C77H103N21O16. The molecule has 10 atom stereocenters. The summed E-state index contributed by atoms with van der Waals surface area (Å²) in [6.07, 6.45) is 1.51. The Hall–Kier alpha value is -13.1. The highest BCUT2D eigenvalue weighted by Gasteiger charge is 2.37. The minimum Gasteiger partial charge on any atom is -0.508 e. The molecule has 0 fully saturated rings. The Labute approximate surface area is 657 Å². The van der Waals surface area contributed by atoms with Gasteiger partial charge in [-0.1, -0.05) is 149 Å². The number of nitrogens with two attached hydrogens (primary N) is 4. The van der Waals surface area contributed by atoms with Crippen molar-refractivity contribution in [3.05, 3.63) is 168 Å². The molecule has 114 heavy (non-hydrogen) atoms. The smallest absolute Gasteiger partial charge is 0.343 e. The van der Waals surface area contributed by atoms with Crippen LogP contribution in [0.25, 0.3) is 10.8 Å². The van der Waals surface area contributed by atoms with Gasteiger partial charge in [0.25, 0.3) is 0 Å². The molecule has 1 heterocycles. The summed E-state index contributed by atoms with van der Waals surface area (Å²) in [5.74, 6) is -9.07. The van der Waals surface area contributed by atoms with E-state index in [9.17, 15) is 63.0 Å². The lowest BCUT2D eigenvalue weighted by Gasteiger charge is -2.28. The van der Waals surface area contributed by atoms with E-state index in [2.05, 4.69) is 83.9 Å². The van der Waals surface area contributed by atoms with Gasteiger partial charge < -0.3 is 106 Å². The van der Waals surface area contributed by atoms with Gasteiger partial charge in [-0.25, -0.2) is 9.78 Å². The van der Waals surface area contributed by atoms with Gasteiger partial charge in [0.2, 0.25) is 65.0 Å². The lowest BCUT2D eigenvalue weighted by Crippen LogP contribution is -2.61. The van der Waals surface area contributed by atoms with E-state index in [0.717, 1.165) is 10.8 Å². The molecule has 0 bridgehead atoms. The fourth-order valence-corrected chi connectivity index (χ4v) is 11.9. The summed E-state index contributed by atoms with van der Waals surface area (Å²) >= 11 is 0. The predicted molar refractivity (Wildman–Crippen MR) is 419 cm³/mol.